The van der Waals surface area contributed by atoms with E-state index in [0.717, 1.165) is 0 Å². The highest BCUT2D eigenvalue weighted by Gasteiger charge is 2.30. The Morgan fingerprint density at radius 2 is 1.95 bits per heavy atom. The molecule has 0 amide bonds. The van der Waals surface area contributed by atoms with Gasteiger partial charge in [0, 0.05) is 12.7 Å². The van der Waals surface area contributed by atoms with Gasteiger partial charge < -0.3 is 0 Å². The molecule has 0 unspecified atom stereocenters. The van der Waals surface area contributed by atoms with Gasteiger partial charge in [-0.15, -0.1) is 0 Å². The van der Waals surface area contributed by atoms with Gasteiger partial charge in [-0.05, 0) is 33.6 Å². The van der Waals surface area contributed by atoms with Crippen molar-refractivity contribution in [2.75, 3.05) is 6.54 Å². The van der Waals surface area contributed by atoms with Crippen LogP contribution >= 0.6 is 15.9 Å². The van der Waals surface area contributed by atoms with Crippen molar-refractivity contribution in [3.05, 3.63) is 52.3 Å². The van der Waals surface area contributed by atoms with Gasteiger partial charge in [-0.2, -0.15) is 23.5 Å². The standard InChI is InChI=1S/C14H12BrF3N4/c15-13-6-20-22(8-13)10-21(9-14(16,17)18)7-12-3-1-11(5-19)2-4-12/h1-4,6,8H,7,9-10H2. The summed E-state index contributed by atoms with van der Waals surface area (Å²) in [6.07, 6.45) is -1.16. The number of halogens is 4. The van der Waals surface area contributed by atoms with Crippen LogP contribution in [0.2, 0.25) is 0 Å². The van der Waals surface area contributed by atoms with Gasteiger partial charge in [-0.3, -0.25) is 9.58 Å². The molecule has 0 fully saturated rings. The number of alkyl halides is 3. The van der Waals surface area contributed by atoms with E-state index in [4.69, 9.17) is 5.26 Å². The molecule has 2 rings (SSSR count). The van der Waals surface area contributed by atoms with Crippen molar-refractivity contribution in [2.45, 2.75) is 19.4 Å². The van der Waals surface area contributed by atoms with Crippen molar-refractivity contribution >= 4 is 15.9 Å². The van der Waals surface area contributed by atoms with E-state index < -0.39 is 12.7 Å². The van der Waals surface area contributed by atoms with Gasteiger partial charge in [-0.1, -0.05) is 12.1 Å². The number of hydrogen-bond acceptors (Lipinski definition) is 3. The molecule has 4 nitrogen and oxygen atoms in total. The van der Waals surface area contributed by atoms with Crippen LogP contribution in [0.15, 0.2) is 41.1 Å². The van der Waals surface area contributed by atoms with Gasteiger partial charge >= 0.3 is 6.18 Å². The van der Waals surface area contributed by atoms with E-state index in [1.165, 1.54) is 15.8 Å². The van der Waals surface area contributed by atoms with Crippen LogP contribution in [0.5, 0.6) is 0 Å². The van der Waals surface area contributed by atoms with Gasteiger partial charge in [0.15, 0.2) is 0 Å². The van der Waals surface area contributed by atoms with E-state index in [9.17, 15) is 13.2 Å². The van der Waals surface area contributed by atoms with Crippen molar-refractivity contribution < 1.29 is 13.2 Å². The molecular formula is C14H12BrF3N4. The molecule has 0 spiro atoms. The molecule has 0 aliphatic rings. The van der Waals surface area contributed by atoms with Crippen LogP contribution in [0, 0.1) is 11.3 Å². The fourth-order valence-electron chi connectivity index (χ4n) is 1.97. The molecule has 2 aromatic rings. The normalized spacial score (nSPS) is 11.6. The average molecular weight is 373 g/mol. The number of hydrogen-bond donors (Lipinski definition) is 0. The molecule has 1 heterocycles. The Morgan fingerprint density at radius 3 is 2.45 bits per heavy atom. The zero-order valence-corrected chi connectivity index (χ0v) is 13.0. The summed E-state index contributed by atoms with van der Waals surface area (Å²) < 4.78 is 40.3. The van der Waals surface area contributed by atoms with Gasteiger partial charge in [0.05, 0.1) is 35.5 Å². The summed E-state index contributed by atoms with van der Waals surface area (Å²) in [5.41, 5.74) is 1.18. The number of benzene rings is 1. The Kier molecular flexibility index (Phi) is 5.21. The van der Waals surface area contributed by atoms with Crippen LogP contribution in [0.1, 0.15) is 11.1 Å². The molecule has 0 radical (unpaired) electrons. The molecule has 8 heteroatoms. The lowest BCUT2D eigenvalue weighted by molar-refractivity contribution is -0.151. The Morgan fingerprint density at radius 1 is 1.27 bits per heavy atom. The van der Waals surface area contributed by atoms with E-state index in [1.807, 2.05) is 6.07 Å². The smallest absolute Gasteiger partial charge is 0.271 e. The van der Waals surface area contributed by atoms with E-state index in [1.54, 1.807) is 30.5 Å². The molecule has 0 atom stereocenters. The third kappa shape index (κ3) is 5.16. The lowest BCUT2D eigenvalue weighted by atomic mass is 10.1. The average Bonchev–Trinajstić information content (AvgIpc) is 2.83. The quantitative estimate of drug-likeness (QED) is 0.806. The molecule has 116 valence electrons. The fraction of sp³-hybridized carbons (Fsp3) is 0.286. The highest BCUT2D eigenvalue weighted by atomic mass is 79.9. The van der Waals surface area contributed by atoms with Crippen LogP contribution in [-0.4, -0.2) is 27.4 Å². The fourth-order valence-corrected chi connectivity index (χ4v) is 2.30. The first kappa shape index (κ1) is 16.5. The Hall–Kier alpha value is -1.85. The second-order valence-electron chi connectivity index (χ2n) is 4.75. The number of rotatable bonds is 5. The summed E-state index contributed by atoms with van der Waals surface area (Å²) >= 11 is 3.21. The summed E-state index contributed by atoms with van der Waals surface area (Å²) in [6, 6.07) is 8.46. The molecule has 0 saturated carbocycles. The second-order valence-corrected chi connectivity index (χ2v) is 5.67. The first-order valence-corrected chi connectivity index (χ1v) is 7.11. The summed E-state index contributed by atoms with van der Waals surface area (Å²) in [7, 11) is 0. The maximum absolute atomic E-state index is 12.7. The highest BCUT2D eigenvalue weighted by Crippen LogP contribution is 2.19. The number of nitrogens with zero attached hydrogens (tertiary/aromatic N) is 4. The lowest BCUT2D eigenvalue weighted by Gasteiger charge is -2.23. The third-order valence-electron chi connectivity index (χ3n) is 2.84. The predicted octanol–water partition coefficient (Wildman–Crippen LogP) is 3.54. The number of aromatic nitrogens is 2. The minimum absolute atomic E-state index is 0.0190. The van der Waals surface area contributed by atoms with Crippen LogP contribution in [0.4, 0.5) is 13.2 Å². The van der Waals surface area contributed by atoms with Crippen molar-refractivity contribution in [1.82, 2.24) is 14.7 Å². The molecule has 0 aliphatic carbocycles. The van der Waals surface area contributed by atoms with Crippen LogP contribution in [0.3, 0.4) is 0 Å². The maximum atomic E-state index is 12.7. The molecule has 22 heavy (non-hydrogen) atoms. The van der Waals surface area contributed by atoms with Crippen molar-refractivity contribution in [3.8, 4) is 6.07 Å². The monoisotopic (exact) mass is 372 g/mol. The summed E-state index contributed by atoms with van der Waals surface area (Å²) in [5, 5.41) is 12.7. The van der Waals surface area contributed by atoms with Gasteiger partial charge in [-0.25, -0.2) is 0 Å². The largest absolute Gasteiger partial charge is 0.401 e. The zero-order valence-electron chi connectivity index (χ0n) is 11.4. The zero-order chi connectivity index (χ0) is 16.2. The van der Waals surface area contributed by atoms with E-state index >= 15 is 0 Å². The second kappa shape index (κ2) is 6.94. The molecule has 1 aromatic heterocycles. The minimum atomic E-state index is -4.29. The first-order chi connectivity index (χ1) is 10.4. The SMILES string of the molecule is N#Cc1ccc(CN(Cn2cc(Br)cn2)CC(F)(F)F)cc1. The van der Waals surface area contributed by atoms with Crippen LogP contribution in [0.25, 0.3) is 0 Å². The summed E-state index contributed by atoms with van der Waals surface area (Å²) in [6.45, 7) is -0.904. The van der Waals surface area contributed by atoms with Gasteiger partial charge in [0.2, 0.25) is 0 Å². The van der Waals surface area contributed by atoms with Crippen molar-refractivity contribution in [1.29, 1.82) is 5.26 Å². The first-order valence-electron chi connectivity index (χ1n) is 6.32. The molecule has 0 N–H and O–H groups in total. The number of nitriles is 1. The Balaban J connectivity index is 2.11. The molecule has 1 aromatic carbocycles. The van der Waals surface area contributed by atoms with E-state index in [-0.39, 0.29) is 13.2 Å². The summed E-state index contributed by atoms with van der Waals surface area (Å²) in [4.78, 5) is 1.24. The lowest BCUT2D eigenvalue weighted by Crippen LogP contribution is -2.35. The van der Waals surface area contributed by atoms with Crippen molar-refractivity contribution in [3.63, 3.8) is 0 Å². The molecule has 0 saturated heterocycles. The Labute approximate surface area is 133 Å². The Bertz CT molecular complexity index is 658. The van der Waals surface area contributed by atoms with Gasteiger partial charge in [0.1, 0.15) is 0 Å². The third-order valence-corrected chi connectivity index (χ3v) is 3.25. The van der Waals surface area contributed by atoms with Crippen LogP contribution < -0.4 is 0 Å². The topological polar surface area (TPSA) is 44.9 Å². The summed E-state index contributed by atoms with van der Waals surface area (Å²) in [5.74, 6) is 0. The maximum Gasteiger partial charge on any atom is 0.401 e. The highest BCUT2D eigenvalue weighted by molar-refractivity contribution is 9.10. The van der Waals surface area contributed by atoms with E-state index in [0.29, 0.717) is 15.6 Å². The van der Waals surface area contributed by atoms with Crippen molar-refractivity contribution in [2.24, 2.45) is 0 Å². The van der Waals surface area contributed by atoms with E-state index in [2.05, 4.69) is 21.0 Å². The predicted molar refractivity (Wildman–Crippen MR) is 77.5 cm³/mol. The molecular weight excluding hydrogens is 361 g/mol. The van der Waals surface area contributed by atoms with Crippen LogP contribution in [-0.2, 0) is 13.2 Å². The minimum Gasteiger partial charge on any atom is -0.271 e. The molecule has 0 bridgehead atoms. The van der Waals surface area contributed by atoms with Gasteiger partial charge in [0.25, 0.3) is 0 Å². The molecule has 0 aliphatic heterocycles.